The zero-order valence-electron chi connectivity index (χ0n) is 7.64. The van der Waals surface area contributed by atoms with Crippen molar-refractivity contribution in [3.8, 4) is 0 Å². The van der Waals surface area contributed by atoms with Crippen LogP contribution in [-0.2, 0) is 4.74 Å². The zero-order valence-corrected chi connectivity index (χ0v) is 7.64. The summed E-state index contributed by atoms with van der Waals surface area (Å²) in [7, 11) is 0. The van der Waals surface area contributed by atoms with Crippen molar-refractivity contribution in [2.75, 3.05) is 0 Å². The molecule has 1 heteroatoms. The van der Waals surface area contributed by atoms with E-state index >= 15 is 0 Å². The van der Waals surface area contributed by atoms with Crippen LogP contribution in [0.3, 0.4) is 0 Å². The highest BCUT2D eigenvalue weighted by Crippen LogP contribution is 2.33. The zero-order chi connectivity index (χ0) is 8.20. The van der Waals surface area contributed by atoms with E-state index in [1.807, 2.05) is 26.0 Å². The first-order valence-corrected chi connectivity index (χ1v) is 3.79. The maximum atomic E-state index is 5.10. The predicted octanol–water partition coefficient (Wildman–Crippen LogP) is 2.77. The van der Waals surface area contributed by atoms with E-state index in [0.717, 1.165) is 0 Å². The lowest BCUT2D eigenvalue weighted by molar-refractivity contribution is 0.328. The van der Waals surface area contributed by atoms with Crippen LogP contribution < -0.4 is 0 Å². The summed E-state index contributed by atoms with van der Waals surface area (Å²) >= 11 is 0. The number of epoxide rings is 1. The summed E-state index contributed by atoms with van der Waals surface area (Å²) in [5.41, 5.74) is 0.208. The summed E-state index contributed by atoms with van der Waals surface area (Å²) < 4.78 is 5.10. The number of rotatable bonds is 0. The third-order valence-corrected chi connectivity index (χ3v) is 1.74. The Balaban J connectivity index is 0.000000180. The summed E-state index contributed by atoms with van der Waals surface area (Å²) in [5, 5.41) is 0. The normalized spacial score (nSPS) is 27.5. The van der Waals surface area contributed by atoms with Crippen LogP contribution >= 0.6 is 0 Å². The Bertz CT molecular complexity index is 110. The molecule has 1 fully saturated rings. The minimum absolute atomic E-state index is 0.208. The smallest absolute Gasteiger partial charge is 0.0889 e. The Morgan fingerprint density at radius 1 is 1.20 bits per heavy atom. The Kier molecular flexibility index (Phi) is 3.66. The van der Waals surface area contributed by atoms with Gasteiger partial charge >= 0.3 is 0 Å². The second-order valence-corrected chi connectivity index (χ2v) is 3.03. The Morgan fingerprint density at radius 2 is 1.40 bits per heavy atom. The number of allylic oxidation sites excluding steroid dienone is 2. The highest BCUT2D eigenvalue weighted by atomic mass is 16.6. The second kappa shape index (κ2) is 3.77. The van der Waals surface area contributed by atoms with Crippen LogP contribution in [0.15, 0.2) is 12.2 Å². The third-order valence-electron chi connectivity index (χ3n) is 1.74. The van der Waals surface area contributed by atoms with E-state index in [9.17, 15) is 0 Å². The van der Waals surface area contributed by atoms with E-state index in [-0.39, 0.29) is 5.60 Å². The van der Waals surface area contributed by atoms with Gasteiger partial charge in [0, 0.05) is 0 Å². The predicted molar refractivity (Wildman–Crippen MR) is 45.1 cm³/mol. The molecule has 0 aliphatic carbocycles. The molecule has 0 N–H and O–H groups in total. The maximum absolute atomic E-state index is 5.10. The fraction of sp³-hybridized carbons (Fsp3) is 0.778. The van der Waals surface area contributed by atoms with Crippen molar-refractivity contribution in [1.82, 2.24) is 0 Å². The van der Waals surface area contributed by atoms with E-state index in [0.29, 0.717) is 6.10 Å². The Labute approximate surface area is 64.1 Å². The lowest BCUT2D eigenvalue weighted by Crippen LogP contribution is -1.97. The van der Waals surface area contributed by atoms with Gasteiger partial charge in [-0.05, 0) is 34.6 Å². The van der Waals surface area contributed by atoms with Crippen molar-refractivity contribution in [2.45, 2.75) is 46.3 Å². The van der Waals surface area contributed by atoms with Crippen molar-refractivity contribution in [3.05, 3.63) is 12.2 Å². The lowest BCUT2D eigenvalue weighted by Gasteiger charge is -1.84. The third kappa shape index (κ3) is 3.67. The van der Waals surface area contributed by atoms with Crippen LogP contribution in [0.1, 0.15) is 34.6 Å². The van der Waals surface area contributed by atoms with E-state index in [1.54, 1.807) is 0 Å². The molecule has 0 saturated carbocycles. The summed E-state index contributed by atoms with van der Waals surface area (Å²) in [6.45, 7) is 10.3. The van der Waals surface area contributed by atoms with Crippen LogP contribution in [0.25, 0.3) is 0 Å². The molecule has 1 rings (SSSR count). The van der Waals surface area contributed by atoms with Crippen LogP contribution in [0.2, 0.25) is 0 Å². The van der Waals surface area contributed by atoms with Crippen LogP contribution in [0.4, 0.5) is 0 Å². The van der Waals surface area contributed by atoms with Crippen molar-refractivity contribution >= 4 is 0 Å². The minimum Gasteiger partial charge on any atom is -0.367 e. The topological polar surface area (TPSA) is 12.5 Å². The lowest BCUT2D eigenvalue weighted by atomic mass is 10.2. The fourth-order valence-electron chi connectivity index (χ4n) is 0.422. The average molecular weight is 142 g/mol. The SMILES string of the molecule is C/C=C\C.CC1OC1(C)C. The van der Waals surface area contributed by atoms with Gasteiger partial charge in [-0.2, -0.15) is 0 Å². The molecule has 1 aliphatic heterocycles. The Hall–Kier alpha value is -0.300. The van der Waals surface area contributed by atoms with E-state index in [1.165, 1.54) is 0 Å². The van der Waals surface area contributed by atoms with Crippen molar-refractivity contribution in [3.63, 3.8) is 0 Å². The highest BCUT2D eigenvalue weighted by molar-refractivity contribution is 4.90. The molecule has 1 heterocycles. The van der Waals surface area contributed by atoms with Gasteiger partial charge < -0.3 is 4.74 Å². The van der Waals surface area contributed by atoms with Gasteiger partial charge in [-0.25, -0.2) is 0 Å². The van der Waals surface area contributed by atoms with Crippen LogP contribution in [0.5, 0.6) is 0 Å². The number of hydrogen-bond acceptors (Lipinski definition) is 1. The molecule has 0 aromatic carbocycles. The molecule has 0 bridgehead atoms. The van der Waals surface area contributed by atoms with Gasteiger partial charge in [0.05, 0.1) is 11.7 Å². The Morgan fingerprint density at radius 3 is 1.40 bits per heavy atom. The molecule has 1 aliphatic rings. The highest BCUT2D eigenvalue weighted by Gasteiger charge is 2.43. The van der Waals surface area contributed by atoms with Gasteiger partial charge in [-0.1, -0.05) is 12.2 Å². The minimum atomic E-state index is 0.208. The molecule has 60 valence electrons. The quantitative estimate of drug-likeness (QED) is 0.374. The molecular formula is C9H18O. The first-order valence-electron chi connectivity index (χ1n) is 3.79. The van der Waals surface area contributed by atoms with Crippen molar-refractivity contribution < 1.29 is 4.74 Å². The molecule has 0 aromatic rings. The number of ether oxygens (including phenoxy) is 1. The molecule has 0 aromatic heterocycles. The van der Waals surface area contributed by atoms with Gasteiger partial charge in [0.25, 0.3) is 0 Å². The van der Waals surface area contributed by atoms with Gasteiger partial charge in [-0.3, -0.25) is 0 Å². The van der Waals surface area contributed by atoms with E-state index in [2.05, 4.69) is 20.8 Å². The second-order valence-electron chi connectivity index (χ2n) is 3.03. The van der Waals surface area contributed by atoms with Gasteiger partial charge in [0.15, 0.2) is 0 Å². The molecule has 0 amide bonds. The van der Waals surface area contributed by atoms with E-state index in [4.69, 9.17) is 4.74 Å². The van der Waals surface area contributed by atoms with Crippen LogP contribution in [0, 0.1) is 0 Å². The first-order chi connectivity index (χ1) is 4.54. The summed E-state index contributed by atoms with van der Waals surface area (Å²) in [6, 6.07) is 0. The summed E-state index contributed by atoms with van der Waals surface area (Å²) in [6.07, 6.45) is 4.50. The van der Waals surface area contributed by atoms with E-state index < -0.39 is 0 Å². The summed E-state index contributed by atoms with van der Waals surface area (Å²) in [4.78, 5) is 0. The maximum Gasteiger partial charge on any atom is 0.0889 e. The molecule has 1 atom stereocenters. The molecule has 1 saturated heterocycles. The molecule has 1 unspecified atom stereocenters. The number of hydrogen-bond donors (Lipinski definition) is 0. The van der Waals surface area contributed by atoms with Crippen LogP contribution in [-0.4, -0.2) is 11.7 Å². The van der Waals surface area contributed by atoms with Gasteiger partial charge in [0.2, 0.25) is 0 Å². The summed E-state index contributed by atoms with van der Waals surface area (Å²) in [5.74, 6) is 0. The molecule has 0 radical (unpaired) electrons. The van der Waals surface area contributed by atoms with Gasteiger partial charge in [-0.15, -0.1) is 0 Å². The fourth-order valence-corrected chi connectivity index (χ4v) is 0.422. The molecule has 0 spiro atoms. The molecular weight excluding hydrogens is 124 g/mol. The average Bonchev–Trinajstić information content (AvgIpc) is 2.39. The largest absolute Gasteiger partial charge is 0.367 e. The van der Waals surface area contributed by atoms with Crippen molar-refractivity contribution in [1.29, 1.82) is 0 Å². The molecule has 1 nitrogen and oxygen atoms in total. The monoisotopic (exact) mass is 142 g/mol. The first kappa shape index (κ1) is 9.70. The van der Waals surface area contributed by atoms with Crippen molar-refractivity contribution in [2.24, 2.45) is 0 Å². The van der Waals surface area contributed by atoms with Gasteiger partial charge in [0.1, 0.15) is 0 Å². The standard InChI is InChI=1S/C5H10O.C4H8/c1-4-5(2,3)6-4;1-3-4-2/h4H,1-3H3;3-4H,1-2H3/b;4-3-. The molecule has 10 heavy (non-hydrogen) atoms.